The Morgan fingerprint density at radius 2 is 2.29 bits per heavy atom. The van der Waals surface area contributed by atoms with Crippen LogP contribution in [0, 0.1) is 5.82 Å². The average Bonchev–Trinajstić information content (AvgIpc) is 2.20. The molecule has 0 aliphatic heterocycles. The van der Waals surface area contributed by atoms with Crippen molar-refractivity contribution in [3.8, 4) is 0 Å². The first-order chi connectivity index (χ1) is 7.90. The summed E-state index contributed by atoms with van der Waals surface area (Å²) in [4.78, 5) is 10.4. The molecule has 1 aromatic carbocycles. The number of halogens is 3. The minimum absolute atomic E-state index is 0.0645. The van der Waals surface area contributed by atoms with Crippen molar-refractivity contribution in [2.45, 2.75) is 25.8 Å². The van der Waals surface area contributed by atoms with Crippen LogP contribution in [-0.4, -0.2) is 17.1 Å². The molecule has 0 saturated heterocycles. The molecule has 0 aliphatic carbocycles. The zero-order valence-corrected chi connectivity index (χ0v) is 11.5. The van der Waals surface area contributed by atoms with Crippen LogP contribution in [0.3, 0.4) is 0 Å². The van der Waals surface area contributed by atoms with E-state index in [2.05, 4.69) is 21.2 Å². The number of anilines is 1. The maximum Gasteiger partial charge on any atom is 0.303 e. The van der Waals surface area contributed by atoms with Crippen LogP contribution in [0.4, 0.5) is 10.1 Å². The van der Waals surface area contributed by atoms with E-state index in [1.165, 1.54) is 12.1 Å². The summed E-state index contributed by atoms with van der Waals surface area (Å²) in [6.07, 6.45) is 0.542. The van der Waals surface area contributed by atoms with Crippen LogP contribution in [-0.2, 0) is 4.79 Å². The van der Waals surface area contributed by atoms with Gasteiger partial charge in [-0.1, -0.05) is 11.6 Å². The lowest BCUT2D eigenvalue weighted by Crippen LogP contribution is -2.17. The first-order valence-corrected chi connectivity index (χ1v) is 6.20. The lowest BCUT2D eigenvalue weighted by Gasteiger charge is -2.17. The molecule has 0 spiro atoms. The second-order valence-electron chi connectivity index (χ2n) is 3.72. The second kappa shape index (κ2) is 6.21. The molecule has 1 aromatic rings. The number of benzene rings is 1. The molecule has 1 atom stereocenters. The highest BCUT2D eigenvalue weighted by Crippen LogP contribution is 2.32. The Morgan fingerprint density at radius 3 is 2.82 bits per heavy atom. The van der Waals surface area contributed by atoms with Crippen molar-refractivity contribution in [2.24, 2.45) is 0 Å². The summed E-state index contributed by atoms with van der Waals surface area (Å²) in [6.45, 7) is 1.84. The lowest BCUT2D eigenvalue weighted by molar-refractivity contribution is -0.137. The fraction of sp³-hybridized carbons (Fsp3) is 0.364. The van der Waals surface area contributed by atoms with Gasteiger partial charge in [0.15, 0.2) is 0 Å². The van der Waals surface area contributed by atoms with Crippen LogP contribution in [0.2, 0.25) is 5.02 Å². The van der Waals surface area contributed by atoms with Gasteiger partial charge in [0, 0.05) is 16.9 Å². The summed E-state index contributed by atoms with van der Waals surface area (Å²) in [5, 5.41) is 11.9. The van der Waals surface area contributed by atoms with E-state index in [0.29, 0.717) is 16.6 Å². The highest BCUT2D eigenvalue weighted by Gasteiger charge is 2.11. The molecule has 0 aliphatic rings. The van der Waals surface area contributed by atoms with Gasteiger partial charge in [-0.25, -0.2) is 4.39 Å². The van der Waals surface area contributed by atoms with Crippen molar-refractivity contribution in [3.63, 3.8) is 0 Å². The summed E-state index contributed by atoms with van der Waals surface area (Å²) in [7, 11) is 0. The topological polar surface area (TPSA) is 49.3 Å². The monoisotopic (exact) mass is 323 g/mol. The molecule has 1 unspecified atom stereocenters. The number of carboxylic acid groups (broad SMARTS) is 1. The number of nitrogens with one attached hydrogen (secondary N) is 1. The van der Waals surface area contributed by atoms with Crippen LogP contribution < -0.4 is 5.32 Å². The Labute approximate surface area is 112 Å². The number of hydrogen-bond acceptors (Lipinski definition) is 2. The van der Waals surface area contributed by atoms with Gasteiger partial charge < -0.3 is 10.4 Å². The first-order valence-electron chi connectivity index (χ1n) is 5.03. The standard InChI is InChI=1S/C11H12BrClFNO2/c1-6(2-3-10(16)17)15-11-8(12)4-7(14)5-9(11)13/h4-6,15H,2-3H2,1H3,(H,16,17). The maximum atomic E-state index is 13.0. The van der Waals surface area contributed by atoms with Crippen LogP contribution in [0.1, 0.15) is 19.8 Å². The van der Waals surface area contributed by atoms with Crippen molar-refractivity contribution < 1.29 is 14.3 Å². The molecule has 0 fully saturated rings. The van der Waals surface area contributed by atoms with Gasteiger partial charge in [-0.15, -0.1) is 0 Å². The summed E-state index contributed by atoms with van der Waals surface area (Å²) >= 11 is 9.10. The van der Waals surface area contributed by atoms with Crippen LogP contribution in [0.15, 0.2) is 16.6 Å². The molecule has 0 radical (unpaired) electrons. The van der Waals surface area contributed by atoms with Crippen LogP contribution in [0.25, 0.3) is 0 Å². The molecule has 3 nitrogen and oxygen atoms in total. The molecule has 0 heterocycles. The van der Waals surface area contributed by atoms with Crippen molar-refractivity contribution in [1.29, 1.82) is 0 Å². The highest BCUT2D eigenvalue weighted by atomic mass is 79.9. The van der Waals surface area contributed by atoms with E-state index in [1.807, 2.05) is 6.92 Å². The summed E-state index contributed by atoms with van der Waals surface area (Å²) in [5.74, 6) is -1.27. The minimum atomic E-state index is -0.845. The Bertz CT molecular complexity index is 405. The zero-order valence-electron chi connectivity index (χ0n) is 9.14. The van der Waals surface area contributed by atoms with Gasteiger partial charge in [0.25, 0.3) is 0 Å². The summed E-state index contributed by atoms with van der Waals surface area (Å²) in [6, 6.07) is 2.45. The van der Waals surface area contributed by atoms with Crippen molar-refractivity contribution >= 4 is 39.2 Å². The molecule has 6 heteroatoms. The van der Waals surface area contributed by atoms with E-state index in [0.717, 1.165) is 0 Å². The number of hydrogen-bond donors (Lipinski definition) is 2. The van der Waals surface area contributed by atoms with Gasteiger partial charge in [0.1, 0.15) is 5.82 Å². The first kappa shape index (κ1) is 14.3. The molecule has 0 aromatic heterocycles. The van der Waals surface area contributed by atoms with Gasteiger partial charge in [-0.05, 0) is 41.4 Å². The molecule has 0 bridgehead atoms. The third-order valence-corrected chi connectivity index (χ3v) is 3.11. The second-order valence-corrected chi connectivity index (χ2v) is 4.98. The molecule has 17 heavy (non-hydrogen) atoms. The number of aliphatic carboxylic acids is 1. The third-order valence-electron chi connectivity index (χ3n) is 2.19. The fourth-order valence-electron chi connectivity index (χ4n) is 1.34. The average molecular weight is 325 g/mol. The molecule has 94 valence electrons. The largest absolute Gasteiger partial charge is 0.481 e. The van der Waals surface area contributed by atoms with Gasteiger partial charge in [0.2, 0.25) is 0 Å². The van der Waals surface area contributed by atoms with Gasteiger partial charge in [-0.2, -0.15) is 0 Å². The number of rotatable bonds is 5. The van der Waals surface area contributed by atoms with E-state index >= 15 is 0 Å². The van der Waals surface area contributed by atoms with E-state index in [-0.39, 0.29) is 17.5 Å². The highest BCUT2D eigenvalue weighted by molar-refractivity contribution is 9.10. The van der Waals surface area contributed by atoms with E-state index in [1.54, 1.807) is 0 Å². The Balaban J connectivity index is 2.71. The van der Waals surface area contributed by atoms with Gasteiger partial charge in [-0.3, -0.25) is 4.79 Å². The quantitative estimate of drug-likeness (QED) is 0.863. The number of carboxylic acids is 1. The molecule has 0 saturated carbocycles. The minimum Gasteiger partial charge on any atom is -0.481 e. The lowest BCUT2D eigenvalue weighted by atomic mass is 10.1. The van der Waals surface area contributed by atoms with Crippen molar-refractivity contribution in [3.05, 3.63) is 27.4 Å². The van der Waals surface area contributed by atoms with Crippen LogP contribution >= 0.6 is 27.5 Å². The molecular formula is C11H12BrClFNO2. The zero-order chi connectivity index (χ0) is 13.0. The Hall–Kier alpha value is -0.810. The van der Waals surface area contributed by atoms with Crippen LogP contribution in [0.5, 0.6) is 0 Å². The summed E-state index contributed by atoms with van der Waals surface area (Å²) < 4.78 is 13.5. The van der Waals surface area contributed by atoms with E-state index in [4.69, 9.17) is 16.7 Å². The normalized spacial score (nSPS) is 12.2. The number of carbonyl (C=O) groups is 1. The predicted molar refractivity (Wildman–Crippen MR) is 69.1 cm³/mol. The molecule has 1 rings (SSSR count). The van der Waals surface area contributed by atoms with E-state index < -0.39 is 11.8 Å². The van der Waals surface area contributed by atoms with Crippen molar-refractivity contribution in [1.82, 2.24) is 0 Å². The van der Waals surface area contributed by atoms with Crippen molar-refractivity contribution in [2.75, 3.05) is 5.32 Å². The maximum absolute atomic E-state index is 13.0. The molecule has 0 amide bonds. The van der Waals surface area contributed by atoms with Gasteiger partial charge in [0.05, 0.1) is 10.7 Å². The Kier molecular flexibility index (Phi) is 5.21. The SMILES string of the molecule is CC(CCC(=O)O)Nc1c(Cl)cc(F)cc1Br. The molecular weight excluding hydrogens is 312 g/mol. The smallest absolute Gasteiger partial charge is 0.303 e. The predicted octanol–water partition coefficient (Wildman–Crippen LogP) is 3.91. The van der Waals surface area contributed by atoms with Gasteiger partial charge >= 0.3 is 5.97 Å². The molecule has 2 N–H and O–H groups in total. The summed E-state index contributed by atoms with van der Waals surface area (Å²) in [5.41, 5.74) is 0.575. The van der Waals surface area contributed by atoms with E-state index in [9.17, 15) is 9.18 Å². The fourth-order valence-corrected chi connectivity index (χ4v) is 2.26. The Morgan fingerprint density at radius 1 is 1.65 bits per heavy atom. The third kappa shape index (κ3) is 4.52.